The Balaban J connectivity index is 2.22. The standard InChI is InChI=1S/C20H37N3O2S/c1-14(2)7-9-22-13-16-12-21(5)17(8-10-26-6)20(25)23(16)18(19(22)24)11-15(3)4/h14-18H,7-13H2,1-6H3/t16-,17-,18-/m0/s1. The average Bonchev–Trinajstić information content (AvgIpc) is 2.55. The molecule has 2 aliphatic rings. The van der Waals surface area contributed by atoms with Crippen LogP contribution in [0, 0.1) is 11.8 Å². The van der Waals surface area contributed by atoms with Gasteiger partial charge in [-0.3, -0.25) is 14.5 Å². The molecule has 26 heavy (non-hydrogen) atoms. The summed E-state index contributed by atoms with van der Waals surface area (Å²) in [7, 11) is 2.06. The largest absolute Gasteiger partial charge is 0.339 e. The highest BCUT2D eigenvalue weighted by atomic mass is 32.2. The first-order valence-electron chi connectivity index (χ1n) is 10.1. The van der Waals surface area contributed by atoms with Crippen molar-refractivity contribution in [1.82, 2.24) is 14.7 Å². The molecule has 2 rings (SSSR count). The van der Waals surface area contributed by atoms with Crippen LogP contribution in [0.3, 0.4) is 0 Å². The molecule has 0 saturated carbocycles. The zero-order valence-corrected chi connectivity index (χ0v) is 18.2. The second kappa shape index (κ2) is 9.45. The van der Waals surface area contributed by atoms with E-state index in [4.69, 9.17) is 0 Å². The van der Waals surface area contributed by atoms with Gasteiger partial charge in [0.2, 0.25) is 11.8 Å². The van der Waals surface area contributed by atoms with Crippen LogP contribution in [0.4, 0.5) is 0 Å². The lowest BCUT2D eigenvalue weighted by molar-refractivity contribution is -0.166. The Morgan fingerprint density at radius 1 is 1.04 bits per heavy atom. The van der Waals surface area contributed by atoms with Gasteiger partial charge in [0.05, 0.1) is 12.1 Å². The first-order chi connectivity index (χ1) is 12.3. The van der Waals surface area contributed by atoms with Crippen LogP contribution < -0.4 is 0 Å². The predicted molar refractivity (Wildman–Crippen MR) is 109 cm³/mol. The van der Waals surface area contributed by atoms with Gasteiger partial charge in [-0.1, -0.05) is 27.7 Å². The van der Waals surface area contributed by atoms with Crippen molar-refractivity contribution in [3.05, 3.63) is 0 Å². The number of nitrogens with zero attached hydrogens (tertiary/aromatic N) is 3. The molecule has 2 fully saturated rings. The zero-order valence-electron chi connectivity index (χ0n) is 17.4. The fourth-order valence-electron chi connectivity index (χ4n) is 4.17. The second-order valence-electron chi connectivity index (χ2n) is 8.75. The summed E-state index contributed by atoms with van der Waals surface area (Å²) in [5.41, 5.74) is 0. The van der Waals surface area contributed by atoms with Gasteiger partial charge in [-0.2, -0.15) is 11.8 Å². The van der Waals surface area contributed by atoms with E-state index in [1.807, 2.05) is 9.80 Å². The Hall–Kier alpha value is -0.750. The number of rotatable bonds is 8. The number of hydrogen-bond donors (Lipinski definition) is 0. The third kappa shape index (κ3) is 4.94. The summed E-state index contributed by atoms with van der Waals surface area (Å²) in [5.74, 6) is 2.28. The van der Waals surface area contributed by atoms with Gasteiger partial charge in [-0.15, -0.1) is 0 Å². The van der Waals surface area contributed by atoms with E-state index in [9.17, 15) is 9.59 Å². The smallest absolute Gasteiger partial charge is 0.245 e. The number of hydrogen-bond acceptors (Lipinski definition) is 4. The maximum Gasteiger partial charge on any atom is 0.245 e. The fraction of sp³-hybridized carbons (Fsp3) is 0.900. The molecule has 0 aromatic rings. The molecule has 150 valence electrons. The second-order valence-corrected chi connectivity index (χ2v) is 9.73. The molecule has 0 spiro atoms. The van der Waals surface area contributed by atoms with Crippen molar-refractivity contribution in [2.75, 3.05) is 38.7 Å². The SMILES string of the molecule is CSCC[C@H]1C(=O)N2[C@H](CN(CCC(C)C)C(=O)[C@@H]2CC(C)C)CN1C. The molecule has 2 amide bonds. The van der Waals surface area contributed by atoms with Crippen LogP contribution in [0.25, 0.3) is 0 Å². The van der Waals surface area contributed by atoms with Crippen molar-refractivity contribution in [3.8, 4) is 0 Å². The normalized spacial score (nSPS) is 27.6. The predicted octanol–water partition coefficient (Wildman–Crippen LogP) is 2.55. The van der Waals surface area contributed by atoms with Gasteiger partial charge >= 0.3 is 0 Å². The topological polar surface area (TPSA) is 43.9 Å². The molecule has 0 aliphatic carbocycles. The van der Waals surface area contributed by atoms with E-state index in [-0.39, 0.29) is 29.9 Å². The molecule has 6 heteroatoms. The Bertz CT molecular complexity index is 497. The third-order valence-electron chi connectivity index (χ3n) is 5.59. The number of fused-ring (bicyclic) bond motifs is 1. The minimum absolute atomic E-state index is 0.0802. The first-order valence-corrected chi connectivity index (χ1v) is 11.5. The van der Waals surface area contributed by atoms with E-state index in [2.05, 4.69) is 45.9 Å². The van der Waals surface area contributed by atoms with Crippen molar-refractivity contribution < 1.29 is 9.59 Å². The highest BCUT2D eigenvalue weighted by Gasteiger charge is 2.48. The van der Waals surface area contributed by atoms with Gasteiger partial charge in [0.15, 0.2) is 0 Å². The molecule has 0 N–H and O–H groups in total. The third-order valence-corrected chi connectivity index (χ3v) is 6.24. The number of piperazine rings is 2. The lowest BCUT2D eigenvalue weighted by Crippen LogP contribution is -2.71. The van der Waals surface area contributed by atoms with Crippen LogP contribution in [0.15, 0.2) is 0 Å². The molecule has 2 saturated heterocycles. The van der Waals surface area contributed by atoms with Crippen LogP contribution in [-0.2, 0) is 9.59 Å². The van der Waals surface area contributed by atoms with Gasteiger partial charge < -0.3 is 9.80 Å². The Morgan fingerprint density at radius 2 is 1.73 bits per heavy atom. The van der Waals surface area contributed by atoms with Crippen LogP contribution in [0.1, 0.15) is 47.0 Å². The summed E-state index contributed by atoms with van der Waals surface area (Å²) in [6.45, 7) is 11.0. The number of carbonyl (C=O) groups excluding carboxylic acids is 2. The molecule has 0 unspecified atom stereocenters. The Kier molecular flexibility index (Phi) is 7.83. The van der Waals surface area contributed by atoms with E-state index >= 15 is 0 Å². The number of amides is 2. The van der Waals surface area contributed by atoms with Crippen molar-refractivity contribution >= 4 is 23.6 Å². The molecular formula is C20H37N3O2S. The van der Waals surface area contributed by atoms with Gasteiger partial charge in [0.25, 0.3) is 0 Å². The molecule has 3 atom stereocenters. The molecule has 2 aliphatic heterocycles. The minimum atomic E-state index is -0.279. The molecule has 0 aromatic carbocycles. The lowest BCUT2D eigenvalue weighted by Gasteiger charge is -2.52. The quantitative estimate of drug-likeness (QED) is 0.646. The van der Waals surface area contributed by atoms with E-state index < -0.39 is 0 Å². The van der Waals surface area contributed by atoms with Gasteiger partial charge in [0, 0.05) is 19.6 Å². The van der Waals surface area contributed by atoms with Crippen LogP contribution >= 0.6 is 11.8 Å². The highest BCUT2D eigenvalue weighted by molar-refractivity contribution is 7.98. The molecule has 2 heterocycles. The van der Waals surface area contributed by atoms with Crippen LogP contribution in [0.2, 0.25) is 0 Å². The Morgan fingerprint density at radius 3 is 2.31 bits per heavy atom. The van der Waals surface area contributed by atoms with E-state index in [0.29, 0.717) is 18.4 Å². The molecular weight excluding hydrogens is 346 g/mol. The van der Waals surface area contributed by atoms with Gasteiger partial charge in [0.1, 0.15) is 6.04 Å². The van der Waals surface area contributed by atoms with Crippen molar-refractivity contribution in [2.24, 2.45) is 11.8 Å². The number of likely N-dealkylation sites (N-methyl/N-ethyl adjacent to an activating group) is 1. The lowest BCUT2D eigenvalue weighted by atomic mass is 9.92. The van der Waals surface area contributed by atoms with Crippen molar-refractivity contribution in [1.29, 1.82) is 0 Å². The van der Waals surface area contributed by atoms with E-state index in [1.165, 1.54) is 0 Å². The summed E-state index contributed by atoms with van der Waals surface area (Å²) in [6.07, 6.45) is 4.72. The maximum absolute atomic E-state index is 13.3. The van der Waals surface area contributed by atoms with Gasteiger partial charge in [-0.05, 0) is 50.2 Å². The first kappa shape index (κ1) is 21.5. The molecule has 0 radical (unpaired) electrons. The fourth-order valence-corrected chi connectivity index (χ4v) is 4.62. The van der Waals surface area contributed by atoms with Crippen molar-refractivity contribution in [3.63, 3.8) is 0 Å². The number of carbonyl (C=O) groups is 2. The van der Waals surface area contributed by atoms with Crippen molar-refractivity contribution in [2.45, 2.75) is 65.1 Å². The maximum atomic E-state index is 13.3. The summed E-state index contributed by atoms with van der Waals surface area (Å²) in [4.78, 5) is 32.7. The Labute approximate surface area is 163 Å². The summed E-state index contributed by atoms with van der Waals surface area (Å²) < 4.78 is 0. The summed E-state index contributed by atoms with van der Waals surface area (Å²) in [5, 5.41) is 0. The monoisotopic (exact) mass is 383 g/mol. The highest BCUT2D eigenvalue weighted by Crippen LogP contribution is 2.29. The average molecular weight is 384 g/mol. The zero-order chi connectivity index (χ0) is 19.4. The van der Waals surface area contributed by atoms with Crippen LogP contribution in [0.5, 0.6) is 0 Å². The minimum Gasteiger partial charge on any atom is -0.339 e. The molecule has 0 bridgehead atoms. The van der Waals surface area contributed by atoms with E-state index in [0.717, 1.165) is 38.1 Å². The molecule has 5 nitrogen and oxygen atoms in total. The van der Waals surface area contributed by atoms with E-state index in [1.54, 1.807) is 11.8 Å². The molecule has 0 aromatic heterocycles. The van der Waals surface area contributed by atoms with Crippen LogP contribution in [-0.4, -0.2) is 83.3 Å². The van der Waals surface area contributed by atoms with Gasteiger partial charge in [-0.25, -0.2) is 0 Å². The summed E-state index contributed by atoms with van der Waals surface area (Å²) >= 11 is 1.78. The summed E-state index contributed by atoms with van der Waals surface area (Å²) in [6, 6.07) is -0.228. The number of thioether (sulfide) groups is 1.